The van der Waals surface area contributed by atoms with Gasteiger partial charge in [-0.2, -0.15) is 0 Å². The molecule has 0 saturated carbocycles. The molecule has 1 aromatic heterocycles. The lowest BCUT2D eigenvalue weighted by molar-refractivity contribution is -0.121. The molecule has 1 aromatic carbocycles. The Labute approximate surface area is 139 Å². The van der Waals surface area contributed by atoms with Crippen LogP contribution in [0.2, 0.25) is 5.02 Å². The predicted octanol–water partition coefficient (Wildman–Crippen LogP) is 2.30. The van der Waals surface area contributed by atoms with E-state index in [0.29, 0.717) is 29.1 Å². The van der Waals surface area contributed by atoms with Crippen LogP contribution in [0.25, 0.3) is 0 Å². The first kappa shape index (κ1) is 15.6. The molecule has 0 fully saturated rings. The summed E-state index contributed by atoms with van der Waals surface area (Å²) in [5.74, 6) is -0.0989. The summed E-state index contributed by atoms with van der Waals surface area (Å²) in [7, 11) is 0. The van der Waals surface area contributed by atoms with Crippen molar-refractivity contribution >= 4 is 23.2 Å². The number of carbonyl (C=O) groups excluding carboxylic acids is 1. The van der Waals surface area contributed by atoms with Gasteiger partial charge in [0.1, 0.15) is 6.04 Å². The number of rotatable bonds is 3. The number of amides is 1. The fraction of sp³-hybridized carbons (Fsp3) is 0.294. The van der Waals surface area contributed by atoms with Gasteiger partial charge in [0.25, 0.3) is 0 Å². The lowest BCUT2D eigenvalue weighted by Gasteiger charge is -2.13. The minimum Gasteiger partial charge on any atom is -0.373 e. The minimum atomic E-state index is -0.319. The third kappa shape index (κ3) is 3.10. The summed E-state index contributed by atoms with van der Waals surface area (Å²) in [4.78, 5) is 27.3. The maximum absolute atomic E-state index is 12.3. The third-order valence-electron chi connectivity index (χ3n) is 4.19. The SMILES string of the molecule is Cc1c[nH]c(CNC(=O)C2Cc3cc(Cl)ccc3N2)c(C)c1=O. The maximum atomic E-state index is 12.3. The molecule has 0 radical (unpaired) electrons. The van der Waals surface area contributed by atoms with Gasteiger partial charge in [-0.25, -0.2) is 0 Å². The Morgan fingerprint density at radius 1 is 1.39 bits per heavy atom. The van der Waals surface area contributed by atoms with Gasteiger partial charge in [0.05, 0.1) is 6.54 Å². The summed E-state index contributed by atoms with van der Waals surface area (Å²) in [6.45, 7) is 3.83. The molecule has 1 aliphatic heterocycles. The van der Waals surface area contributed by atoms with Crippen molar-refractivity contribution < 1.29 is 4.79 Å². The number of aromatic amines is 1. The second-order valence-corrected chi connectivity index (χ2v) is 6.26. The normalized spacial score (nSPS) is 15.9. The van der Waals surface area contributed by atoms with Crippen LogP contribution in [0.1, 0.15) is 22.4 Å². The van der Waals surface area contributed by atoms with Crippen molar-refractivity contribution in [2.75, 3.05) is 5.32 Å². The van der Waals surface area contributed by atoms with Crippen molar-refractivity contribution in [3.63, 3.8) is 0 Å². The van der Waals surface area contributed by atoms with Crippen LogP contribution in [0.15, 0.2) is 29.2 Å². The zero-order valence-electron chi connectivity index (χ0n) is 13.0. The first-order valence-corrected chi connectivity index (χ1v) is 7.84. The average Bonchev–Trinajstić information content (AvgIpc) is 2.95. The van der Waals surface area contributed by atoms with Crippen LogP contribution >= 0.6 is 11.6 Å². The van der Waals surface area contributed by atoms with Crippen molar-refractivity contribution in [2.45, 2.75) is 32.9 Å². The molecule has 0 aliphatic carbocycles. The second kappa shape index (κ2) is 6.08. The van der Waals surface area contributed by atoms with E-state index in [1.165, 1.54) is 0 Å². The summed E-state index contributed by atoms with van der Waals surface area (Å²) in [6, 6.07) is 5.24. The quantitative estimate of drug-likeness (QED) is 0.808. The molecule has 23 heavy (non-hydrogen) atoms. The number of pyridine rings is 1. The molecule has 0 saturated heterocycles. The first-order chi connectivity index (χ1) is 11.0. The van der Waals surface area contributed by atoms with E-state index in [2.05, 4.69) is 15.6 Å². The fourth-order valence-corrected chi connectivity index (χ4v) is 2.97. The van der Waals surface area contributed by atoms with E-state index in [-0.39, 0.29) is 17.4 Å². The topological polar surface area (TPSA) is 74.0 Å². The molecule has 2 heterocycles. The summed E-state index contributed by atoms with van der Waals surface area (Å²) in [5.41, 5.74) is 4.02. The van der Waals surface area contributed by atoms with E-state index in [4.69, 9.17) is 11.6 Å². The van der Waals surface area contributed by atoms with E-state index < -0.39 is 0 Å². The highest BCUT2D eigenvalue weighted by Gasteiger charge is 2.26. The maximum Gasteiger partial charge on any atom is 0.243 e. The summed E-state index contributed by atoms with van der Waals surface area (Å²) >= 11 is 5.97. The van der Waals surface area contributed by atoms with E-state index in [1.54, 1.807) is 26.1 Å². The fourth-order valence-electron chi connectivity index (χ4n) is 2.77. The van der Waals surface area contributed by atoms with Crippen LogP contribution in [-0.2, 0) is 17.8 Å². The van der Waals surface area contributed by atoms with Crippen LogP contribution in [-0.4, -0.2) is 16.9 Å². The van der Waals surface area contributed by atoms with E-state index in [9.17, 15) is 9.59 Å². The van der Waals surface area contributed by atoms with Gasteiger partial charge in [-0.05, 0) is 37.6 Å². The van der Waals surface area contributed by atoms with Crippen molar-refractivity contribution in [3.05, 3.63) is 62.0 Å². The minimum absolute atomic E-state index is 0.00837. The number of nitrogens with one attached hydrogen (secondary N) is 3. The molecule has 5 nitrogen and oxygen atoms in total. The van der Waals surface area contributed by atoms with Gasteiger partial charge in [0.15, 0.2) is 5.43 Å². The predicted molar refractivity (Wildman–Crippen MR) is 91.0 cm³/mol. The first-order valence-electron chi connectivity index (χ1n) is 7.46. The van der Waals surface area contributed by atoms with Gasteiger partial charge in [-0.1, -0.05) is 11.6 Å². The monoisotopic (exact) mass is 331 g/mol. The van der Waals surface area contributed by atoms with E-state index >= 15 is 0 Å². The number of H-pyrrole nitrogens is 1. The molecule has 1 unspecified atom stereocenters. The highest BCUT2D eigenvalue weighted by atomic mass is 35.5. The molecule has 1 amide bonds. The molecule has 0 bridgehead atoms. The van der Waals surface area contributed by atoms with Crippen molar-refractivity contribution in [1.82, 2.24) is 10.3 Å². The van der Waals surface area contributed by atoms with Crippen LogP contribution < -0.4 is 16.1 Å². The van der Waals surface area contributed by atoms with Crippen molar-refractivity contribution in [3.8, 4) is 0 Å². The smallest absolute Gasteiger partial charge is 0.243 e. The molecule has 3 N–H and O–H groups in total. The zero-order valence-corrected chi connectivity index (χ0v) is 13.8. The second-order valence-electron chi connectivity index (χ2n) is 5.82. The van der Waals surface area contributed by atoms with Gasteiger partial charge in [-0.3, -0.25) is 9.59 Å². The molecule has 2 aromatic rings. The number of hydrogen-bond acceptors (Lipinski definition) is 3. The summed E-state index contributed by atoms with van der Waals surface area (Å²) in [5, 5.41) is 6.73. The molecule has 1 atom stereocenters. The molecule has 1 aliphatic rings. The Morgan fingerprint density at radius 3 is 2.96 bits per heavy atom. The van der Waals surface area contributed by atoms with E-state index in [0.717, 1.165) is 16.9 Å². The lowest BCUT2D eigenvalue weighted by Crippen LogP contribution is -2.38. The highest BCUT2D eigenvalue weighted by molar-refractivity contribution is 6.30. The average molecular weight is 332 g/mol. The van der Waals surface area contributed by atoms with Gasteiger partial charge in [-0.15, -0.1) is 0 Å². The number of fused-ring (bicyclic) bond motifs is 1. The van der Waals surface area contributed by atoms with E-state index in [1.807, 2.05) is 12.1 Å². The molecule has 3 rings (SSSR count). The van der Waals surface area contributed by atoms with Crippen molar-refractivity contribution in [1.29, 1.82) is 0 Å². The number of aryl methyl sites for hydroxylation is 1. The Kier molecular flexibility index (Phi) is 4.13. The van der Waals surface area contributed by atoms with Gasteiger partial charge >= 0.3 is 0 Å². The van der Waals surface area contributed by atoms with Crippen LogP contribution in [0.3, 0.4) is 0 Å². The zero-order chi connectivity index (χ0) is 16.6. The van der Waals surface area contributed by atoms with Crippen LogP contribution in [0.5, 0.6) is 0 Å². The molecule has 6 heteroatoms. The standard InChI is InChI=1S/C17H18ClN3O2/c1-9-7-19-15(10(2)16(9)22)8-20-17(23)14-6-11-5-12(18)3-4-13(11)21-14/h3-5,7,14,21H,6,8H2,1-2H3,(H,19,22)(H,20,23). The Morgan fingerprint density at radius 2 is 2.17 bits per heavy atom. The van der Waals surface area contributed by atoms with Gasteiger partial charge < -0.3 is 15.6 Å². The Bertz CT molecular complexity index is 829. The molecule has 0 spiro atoms. The Hall–Kier alpha value is -2.27. The van der Waals surface area contributed by atoms with Crippen LogP contribution in [0.4, 0.5) is 5.69 Å². The van der Waals surface area contributed by atoms with Gasteiger partial charge in [0, 0.05) is 40.1 Å². The third-order valence-corrected chi connectivity index (χ3v) is 4.43. The van der Waals surface area contributed by atoms with Crippen LogP contribution in [0, 0.1) is 13.8 Å². The number of hydrogen-bond donors (Lipinski definition) is 3. The number of aromatic nitrogens is 1. The number of halogens is 1. The van der Waals surface area contributed by atoms with Gasteiger partial charge in [0.2, 0.25) is 5.91 Å². The highest BCUT2D eigenvalue weighted by Crippen LogP contribution is 2.28. The largest absolute Gasteiger partial charge is 0.373 e. The van der Waals surface area contributed by atoms with Crippen molar-refractivity contribution in [2.24, 2.45) is 0 Å². The number of anilines is 1. The summed E-state index contributed by atoms with van der Waals surface area (Å²) in [6.07, 6.45) is 2.27. The molecule has 120 valence electrons. The Balaban J connectivity index is 1.65. The molecular formula is C17H18ClN3O2. The number of carbonyl (C=O) groups is 1. The lowest BCUT2D eigenvalue weighted by atomic mass is 10.1. The number of benzene rings is 1. The summed E-state index contributed by atoms with van der Waals surface area (Å²) < 4.78 is 0. The molecular weight excluding hydrogens is 314 g/mol.